The van der Waals surface area contributed by atoms with Gasteiger partial charge in [-0.25, -0.2) is 4.98 Å². The van der Waals surface area contributed by atoms with Gasteiger partial charge < -0.3 is 9.64 Å². The number of benzene rings is 2. The minimum absolute atomic E-state index is 0.186. The van der Waals surface area contributed by atoms with E-state index in [9.17, 15) is 4.79 Å². The summed E-state index contributed by atoms with van der Waals surface area (Å²) >= 11 is 1.76. The molecule has 1 atom stereocenters. The Morgan fingerprint density at radius 2 is 1.93 bits per heavy atom. The molecule has 1 saturated heterocycles. The van der Waals surface area contributed by atoms with Gasteiger partial charge in [0.1, 0.15) is 0 Å². The monoisotopic (exact) mass is 408 g/mol. The number of rotatable bonds is 9. The molecule has 4 nitrogen and oxygen atoms in total. The molecule has 1 aliphatic heterocycles. The van der Waals surface area contributed by atoms with Crippen LogP contribution in [0, 0.1) is 0 Å². The van der Waals surface area contributed by atoms with Crippen molar-refractivity contribution in [3.8, 4) is 0 Å². The molecule has 2 aromatic carbocycles. The molecule has 1 fully saturated rings. The van der Waals surface area contributed by atoms with Crippen LogP contribution in [-0.2, 0) is 22.5 Å². The van der Waals surface area contributed by atoms with Crippen molar-refractivity contribution in [2.45, 2.75) is 51.2 Å². The van der Waals surface area contributed by atoms with Gasteiger partial charge in [-0.2, -0.15) is 0 Å². The second-order valence-electron chi connectivity index (χ2n) is 7.68. The molecule has 2 heterocycles. The van der Waals surface area contributed by atoms with Crippen LogP contribution in [-0.4, -0.2) is 35.0 Å². The average molecular weight is 409 g/mol. The van der Waals surface area contributed by atoms with E-state index in [1.807, 2.05) is 29.2 Å². The number of carbonyl (C=O) groups is 1. The Labute approximate surface area is 176 Å². The fraction of sp³-hybridized carbons (Fsp3) is 0.417. The number of aryl methyl sites for hydroxylation is 1. The zero-order valence-electron chi connectivity index (χ0n) is 16.8. The number of thiazole rings is 1. The van der Waals surface area contributed by atoms with Crippen LogP contribution in [0.1, 0.15) is 42.7 Å². The van der Waals surface area contributed by atoms with Crippen LogP contribution in [0.15, 0.2) is 54.6 Å². The molecule has 29 heavy (non-hydrogen) atoms. The molecule has 1 unspecified atom stereocenters. The van der Waals surface area contributed by atoms with E-state index in [0.29, 0.717) is 19.5 Å². The van der Waals surface area contributed by atoms with E-state index >= 15 is 0 Å². The molecule has 0 saturated carbocycles. The van der Waals surface area contributed by atoms with Gasteiger partial charge in [-0.3, -0.25) is 4.79 Å². The maximum atomic E-state index is 12.9. The van der Waals surface area contributed by atoms with Crippen LogP contribution in [0.3, 0.4) is 0 Å². The van der Waals surface area contributed by atoms with E-state index in [1.54, 1.807) is 11.3 Å². The quantitative estimate of drug-likeness (QED) is 0.456. The van der Waals surface area contributed by atoms with Crippen molar-refractivity contribution in [3.05, 3.63) is 65.2 Å². The predicted molar refractivity (Wildman–Crippen MR) is 118 cm³/mol. The Bertz CT molecular complexity index is 886. The highest BCUT2D eigenvalue weighted by molar-refractivity contribution is 7.18. The Balaban J connectivity index is 1.29. The number of amides is 1. The molecular formula is C24H28N2O2S. The number of para-hydroxylation sites is 1. The molecule has 1 amide bonds. The van der Waals surface area contributed by atoms with Crippen molar-refractivity contribution >= 4 is 27.5 Å². The molecule has 5 heteroatoms. The van der Waals surface area contributed by atoms with Crippen LogP contribution in [0.5, 0.6) is 0 Å². The van der Waals surface area contributed by atoms with Crippen molar-refractivity contribution in [1.29, 1.82) is 0 Å². The molecule has 3 aromatic rings. The number of hydrogen-bond acceptors (Lipinski definition) is 4. The summed E-state index contributed by atoms with van der Waals surface area (Å²) in [7, 11) is 0. The standard InChI is InChI=1S/C24H28N2O2S/c27-24(15-7-6-14-23-25-21-12-4-5-13-22(21)29-23)26(18-20-11-8-16-28-20)17-19-9-2-1-3-10-19/h1-5,9-10,12-13,20H,6-8,11,14-18H2. The second kappa shape index (κ2) is 9.99. The van der Waals surface area contributed by atoms with Crippen LogP contribution < -0.4 is 0 Å². The zero-order valence-corrected chi connectivity index (χ0v) is 17.6. The molecule has 4 rings (SSSR count). The summed E-state index contributed by atoms with van der Waals surface area (Å²) in [5, 5.41) is 1.17. The van der Waals surface area contributed by atoms with Gasteiger partial charge in [0.05, 0.1) is 21.3 Å². The van der Waals surface area contributed by atoms with Crippen LogP contribution in [0.4, 0.5) is 0 Å². The lowest BCUT2D eigenvalue weighted by Gasteiger charge is -2.26. The van der Waals surface area contributed by atoms with E-state index in [0.717, 1.165) is 44.2 Å². The minimum atomic E-state index is 0.186. The number of aromatic nitrogens is 1. The fourth-order valence-electron chi connectivity index (χ4n) is 3.83. The van der Waals surface area contributed by atoms with E-state index in [-0.39, 0.29) is 12.0 Å². The lowest BCUT2D eigenvalue weighted by Crippen LogP contribution is -2.36. The number of unbranched alkanes of at least 4 members (excludes halogenated alkanes) is 1. The van der Waals surface area contributed by atoms with Crippen molar-refractivity contribution in [3.63, 3.8) is 0 Å². The normalized spacial score (nSPS) is 16.3. The van der Waals surface area contributed by atoms with Crippen molar-refractivity contribution < 1.29 is 9.53 Å². The highest BCUT2D eigenvalue weighted by Gasteiger charge is 2.22. The SMILES string of the molecule is O=C(CCCCc1nc2ccccc2s1)N(Cc1ccccc1)CC1CCCO1. The smallest absolute Gasteiger partial charge is 0.222 e. The van der Waals surface area contributed by atoms with Gasteiger partial charge in [0.2, 0.25) is 5.91 Å². The summed E-state index contributed by atoms with van der Waals surface area (Å²) in [4.78, 5) is 19.6. The van der Waals surface area contributed by atoms with E-state index < -0.39 is 0 Å². The maximum absolute atomic E-state index is 12.9. The summed E-state index contributed by atoms with van der Waals surface area (Å²) in [6, 6.07) is 18.5. The van der Waals surface area contributed by atoms with Gasteiger partial charge in [0.15, 0.2) is 0 Å². The highest BCUT2D eigenvalue weighted by Crippen LogP contribution is 2.23. The van der Waals surface area contributed by atoms with Crippen LogP contribution in [0.25, 0.3) is 10.2 Å². The maximum Gasteiger partial charge on any atom is 0.222 e. The lowest BCUT2D eigenvalue weighted by molar-refractivity contribution is -0.133. The topological polar surface area (TPSA) is 42.4 Å². The predicted octanol–water partition coefficient (Wildman–Crippen LogP) is 5.22. The molecular weight excluding hydrogens is 380 g/mol. The van der Waals surface area contributed by atoms with Gasteiger partial charge in [-0.15, -0.1) is 11.3 Å². The van der Waals surface area contributed by atoms with E-state index in [2.05, 4.69) is 30.3 Å². The number of carbonyl (C=O) groups excluding carboxylic acids is 1. The van der Waals surface area contributed by atoms with Crippen molar-refractivity contribution in [2.75, 3.05) is 13.2 Å². The molecule has 0 bridgehead atoms. The summed E-state index contributed by atoms with van der Waals surface area (Å²) in [6.45, 7) is 2.18. The fourth-order valence-corrected chi connectivity index (χ4v) is 4.84. The third kappa shape index (κ3) is 5.64. The van der Waals surface area contributed by atoms with Crippen molar-refractivity contribution in [1.82, 2.24) is 9.88 Å². The van der Waals surface area contributed by atoms with E-state index in [1.165, 1.54) is 15.3 Å². The Hall–Kier alpha value is -2.24. The highest BCUT2D eigenvalue weighted by atomic mass is 32.1. The summed E-state index contributed by atoms with van der Waals surface area (Å²) < 4.78 is 7.02. The number of hydrogen-bond donors (Lipinski definition) is 0. The second-order valence-corrected chi connectivity index (χ2v) is 8.79. The van der Waals surface area contributed by atoms with E-state index in [4.69, 9.17) is 9.72 Å². The molecule has 152 valence electrons. The first-order valence-corrected chi connectivity index (χ1v) is 11.4. The first-order chi connectivity index (χ1) is 14.3. The summed E-state index contributed by atoms with van der Waals surface area (Å²) in [5.74, 6) is 0.230. The largest absolute Gasteiger partial charge is 0.376 e. The van der Waals surface area contributed by atoms with Crippen molar-refractivity contribution in [2.24, 2.45) is 0 Å². The molecule has 0 aliphatic carbocycles. The third-order valence-electron chi connectivity index (χ3n) is 5.39. The average Bonchev–Trinajstić information content (AvgIpc) is 3.40. The number of ether oxygens (including phenoxy) is 1. The lowest BCUT2D eigenvalue weighted by atomic mass is 10.1. The summed E-state index contributed by atoms with van der Waals surface area (Å²) in [6.07, 6.45) is 5.75. The molecule has 1 aromatic heterocycles. The number of nitrogens with zero attached hydrogens (tertiary/aromatic N) is 2. The first kappa shape index (κ1) is 20.0. The zero-order chi connectivity index (χ0) is 19.9. The van der Waals surface area contributed by atoms with Crippen LogP contribution in [0.2, 0.25) is 0 Å². The Morgan fingerprint density at radius 3 is 2.72 bits per heavy atom. The number of fused-ring (bicyclic) bond motifs is 1. The Kier molecular flexibility index (Phi) is 6.91. The first-order valence-electron chi connectivity index (χ1n) is 10.6. The Morgan fingerprint density at radius 1 is 1.10 bits per heavy atom. The van der Waals surface area contributed by atoms with Gasteiger partial charge in [0, 0.05) is 26.1 Å². The molecule has 1 aliphatic rings. The molecule has 0 N–H and O–H groups in total. The van der Waals surface area contributed by atoms with Gasteiger partial charge in [-0.05, 0) is 49.8 Å². The molecule has 0 spiro atoms. The minimum Gasteiger partial charge on any atom is -0.376 e. The van der Waals surface area contributed by atoms with Crippen LogP contribution >= 0.6 is 11.3 Å². The third-order valence-corrected chi connectivity index (χ3v) is 6.48. The van der Waals surface area contributed by atoms with Gasteiger partial charge in [0.25, 0.3) is 0 Å². The summed E-state index contributed by atoms with van der Waals surface area (Å²) in [5.41, 5.74) is 2.25. The van der Waals surface area contributed by atoms with Gasteiger partial charge >= 0.3 is 0 Å². The van der Waals surface area contributed by atoms with Gasteiger partial charge in [-0.1, -0.05) is 42.5 Å². The molecule has 0 radical (unpaired) electrons.